The quantitative estimate of drug-likeness (QED) is 0.786. The molecule has 1 fully saturated rings. The second-order valence-corrected chi connectivity index (χ2v) is 6.81. The van der Waals surface area contributed by atoms with Crippen molar-refractivity contribution in [1.82, 2.24) is 5.32 Å². The maximum Gasteiger partial charge on any atom is 0.154 e. The van der Waals surface area contributed by atoms with E-state index in [1.165, 1.54) is 6.42 Å². The molecule has 0 amide bonds. The molecule has 1 N–H and O–H groups in total. The van der Waals surface area contributed by atoms with Crippen LogP contribution in [-0.2, 0) is 9.84 Å². The van der Waals surface area contributed by atoms with Crippen molar-refractivity contribution in [2.75, 3.05) is 12.8 Å². The first-order chi connectivity index (χ1) is 7.10. The summed E-state index contributed by atoms with van der Waals surface area (Å²) in [5.74, 6) is 0.310. The van der Waals surface area contributed by atoms with E-state index in [-0.39, 0.29) is 11.3 Å². The Morgan fingerprint density at radius 1 is 1.27 bits per heavy atom. The molecule has 0 heterocycles. The van der Waals surface area contributed by atoms with Crippen LogP contribution in [0, 0.1) is 0 Å². The van der Waals surface area contributed by atoms with Crippen LogP contribution in [0.3, 0.4) is 0 Å². The van der Waals surface area contributed by atoms with Gasteiger partial charge in [0, 0.05) is 6.04 Å². The number of rotatable bonds is 5. The summed E-state index contributed by atoms with van der Waals surface area (Å²) in [6.07, 6.45) is 6.00. The van der Waals surface area contributed by atoms with E-state index in [0.29, 0.717) is 5.75 Å². The molecule has 0 aromatic heterocycles. The Kier molecular flexibility index (Phi) is 5.06. The van der Waals surface area contributed by atoms with Crippen molar-refractivity contribution in [2.45, 2.75) is 56.7 Å². The average Bonchev–Trinajstić information content (AvgIpc) is 2.27. The minimum absolute atomic E-state index is 0.0614. The van der Waals surface area contributed by atoms with Crippen molar-refractivity contribution in [2.24, 2.45) is 0 Å². The fourth-order valence-corrected chi connectivity index (χ4v) is 4.53. The lowest BCUT2D eigenvalue weighted by molar-refractivity contribution is 0.477. The summed E-state index contributed by atoms with van der Waals surface area (Å²) >= 11 is 0. The van der Waals surface area contributed by atoms with E-state index in [1.54, 1.807) is 0 Å². The average molecular weight is 233 g/mol. The molecule has 90 valence electrons. The zero-order valence-corrected chi connectivity index (χ0v) is 10.6. The van der Waals surface area contributed by atoms with Crippen molar-refractivity contribution in [1.29, 1.82) is 0 Å². The molecule has 3 nitrogen and oxygen atoms in total. The van der Waals surface area contributed by atoms with E-state index in [9.17, 15) is 8.42 Å². The fraction of sp³-hybridized carbons (Fsp3) is 1.00. The number of hydrogen-bond donors (Lipinski definition) is 1. The Morgan fingerprint density at radius 2 is 1.87 bits per heavy atom. The first-order valence-electron chi connectivity index (χ1n) is 5.99. The molecule has 4 heteroatoms. The van der Waals surface area contributed by atoms with E-state index in [0.717, 1.165) is 32.1 Å². The summed E-state index contributed by atoms with van der Waals surface area (Å²) in [6, 6.07) is 0.122. The maximum atomic E-state index is 12.1. The minimum Gasteiger partial charge on any atom is -0.316 e. The van der Waals surface area contributed by atoms with Crippen LogP contribution in [0.25, 0.3) is 0 Å². The molecule has 0 bridgehead atoms. The third-order valence-electron chi connectivity index (χ3n) is 3.39. The fourth-order valence-electron chi connectivity index (χ4n) is 2.25. The molecule has 0 spiro atoms. The van der Waals surface area contributed by atoms with Crippen molar-refractivity contribution in [3.8, 4) is 0 Å². The van der Waals surface area contributed by atoms with Crippen molar-refractivity contribution < 1.29 is 8.42 Å². The van der Waals surface area contributed by atoms with Gasteiger partial charge in [-0.15, -0.1) is 0 Å². The Hall–Kier alpha value is -0.0900. The van der Waals surface area contributed by atoms with Gasteiger partial charge in [0.2, 0.25) is 0 Å². The highest BCUT2D eigenvalue weighted by molar-refractivity contribution is 7.92. The number of nitrogens with one attached hydrogen (secondary N) is 1. The van der Waals surface area contributed by atoms with Crippen LogP contribution >= 0.6 is 0 Å². The topological polar surface area (TPSA) is 46.2 Å². The molecule has 1 unspecified atom stereocenters. The molecule has 0 saturated heterocycles. The van der Waals surface area contributed by atoms with Crippen LogP contribution in [0.1, 0.15) is 45.4 Å². The molecule has 1 atom stereocenters. The highest BCUT2D eigenvalue weighted by atomic mass is 32.2. The second-order valence-electron chi connectivity index (χ2n) is 4.48. The standard InChI is InChI=1S/C11H23NO2S/c1-3-10(12-2)9-15(13,14)11-7-5-4-6-8-11/h10-12H,3-9H2,1-2H3. The molecule has 1 aliphatic rings. The summed E-state index contributed by atoms with van der Waals surface area (Å²) in [4.78, 5) is 0. The van der Waals surface area contributed by atoms with Gasteiger partial charge in [0.15, 0.2) is 9.84 Å². The summed E-state index contributed by atoms with van der Waals surface area (Å²) in [6.45, 7) is 2.03. The van der Waals surface area contributed by atoms with Crippen molar-refractivity contribution >= 4 is 9.84 Å². The van der Waals surface area contributed by atoms with Gasteiger partial charge in [-0.25, -0.2) is 8.42 Å². The van der Waals surface area contributed by atoms with Gasteiger partial charge in [-0.1, -0.05) is 26.2 Å². The van der Waals surface area contributed by atoms with Crippen LogP contribution in [0.4, 0.5) is 0 Å². The van der Waals surface area contributed by atoms with Gasteiger partial charge in [0.25, 0.3) is 0 Å². The van der Waals surface area contributed by atoms with Gasteiger partial charge < -0.3 is 5.32 Å². The molecule has 1 rings (SSSR count). The lowest BCUT2D eigenvalue weighted by Gasteiger charge is -2.24. The van der Waals surface area contributed by atoms with Gasteiger partial charge in [-0.3, -0.25) is 0 Å². The first kappa shape index (κ1) is 13.0. The lowest BCUT2D eigenvalue weighted by atomic mass is 10.0. The predicted octanol–water partition coefficient (Wildman–Crippen LogP) is 1.73. The molecule has 0 aromatic rings. The zero-order chi connectivity index (χ0) is 11.3. The third-order valence-corrected chi connectivity index (χ3v) is 5.75. The highest BCUT2D eigenvalue weighted by Crippen LogP contribution is 2.24. The van der Waals surface area contributed by atoms with E-state index in [2.05, 4.69) is 5.32 Å². The largest absolute Gasteiger partial charge is 0.316 e. The monoisotopic (exact) mass is 233 g/mol. The predicted molar refractivity (Wildman–Crippen MR) is 63.8 cm³/mol. The maximum absolute atomic E-state index is 12.1. The smallest absolute Gasteiger partial charge is 0.154 e. The Bertz CT molecular complexity index is 264. The van der Waals surface area contributed by atoms with Gasteiger partial charge in [-0.05, 0) is 26.3 Å². The number of sulfone groups is 1. The van der Waals surface area contributed by atoms with E-state index >= 15 is 0 Å². The Balaban J connectivity index is 2.56. The Labute approximate surface area is 93.6 Å². The van der Waals surface area contributed by atoms with Crippen LogP contribution in [-0.4, -0.2) is 32.5 Å². The van der Waals surface area contributed by atoms with Crippen LogP contribution < -0.4 is 5.32 Å². The van der Waals surface area contributed by atoms with Crippen LogP contribution in [0.5, 0.6) is 0 Å². The molecule has 0 radical (unpaired) electrons. The highest BCUT2D eigenvalue weighted by Gasteiger charge is 2.28. The van der Waals surface area contributed by atoms with Crippen LogP contribution in [0.15, 0.2) is 0 Å². The van der Waals surface area contributed by atoms with Crippen LogP contribution in [0.2, 0.25) is 0 Å². The molecule has 1 saturated carbocycles. The summed E-state index contributed by atoms with van der Waals surface area (Å²) in [5.41, 5.74) is 0. The van der Waals surface area contributed by atoms with Gasteiger partial charge >= 0.3 is 0 Å². The van der Waals surface area contributed by atoms with Gasteiger partial charge in [0.05, 0.1) is 11.0 Å². The van der Waals surface area contributed by atoms with Crippen molar-refractivity contribution in [3.63, 3.8) is 0 Å². The van der Waals surface area contributed by atoms with E-state index in [4.69, 9.17) is 0 Å². The van der Waals surface area contributed by atoms with Crippen molar-refractivity contribution in [3.05, 3.63) is 0 Å². The first-order valence-corrected chi connectivity index (χ1v) is 7.70. The normalized spacial score (nSPS) is 21.5. The second kappa shape index (κ2) is 5.85. The third kappa shape index (κ3) is 3.76. The zero-order valence-electron chi connectivity index (χ0n) is 9.83. The minimum atomic E-state index is -2.87. The van der Waals surface area contributed by atoms with Gasteiger partial charge in [-0.2, -0.15) is 0 Å². The summed E-state index contributed by atoms with van der Waals surface area (Å²) < 4.78 is 24.1. The molecular weight excluding hydrogens is 210 g/mol. The molecule has 15 heavy (non-hydrogen) atoms. The number of hydrogen-bond acceptors (Lipinski definition) is 3. The van der Waals surface area contributed by atoms with E-state index in [1.807, 2.05) is 14.0 Å². The molecule has 0 aromatic carbocycles. The lowest BCUT2D eigenvalue weighted by Crippen LogP contribution is -2.37. The van der Waals surface area contributed by atoms with Gasteiger partial charge in [0.1, 0.15) is 0 Å². The Morgan fingerprint density at radius 3 is 2.33 bits per heavy atom. The van der Waals surface area contributed by atoms with E-state index < -0.39 is 9.84 Å². The summed E-state index contributed by atoms with van der Waals surface area (Å²) in [5, 5.41) is 3.01. The molecule has 0 aliphatic heterocycles. The SMILES string of the molecule is CCC(CS(=O)(=O)C1CCCCC1)NC. The summed E-state index contributed by atoms with van der Waals surface area (Å²) in [7, 11) is -1.03. The molecule has 1 aliphatic carbocycles. The molecular formula is C11H23NO2S.